The first-order chi connectivity index (χ1) is 9.90. The number of hydrogen-bond donors (Lipinski definition) is 1. The van der Waals surface area contributed by atoms with Gasteiger partial charge in [-0.15, -0.1) is 0 Å². The van der Waals surface area contributed by atoms with Crippen molar-refractivity contribution in [3.63, 3.8) is 0 Å². The fourth-order valence-electron chi connectivity index (χ4n) is 2.83. The van der Waals surface area contributed by atoms with Crippen molar-refractivity contribution in [2.75, 3.05) is 36.5 Å². The zero-order valence-electron chi connectivity index (χ0n) is 12.7. The number of thioether (sulfide) groups is 1. The Hall–Kier alpha value is -0.670. The Morgan fingerprint density at radius 3 is 2.55 bits per heavy atom. The molecule has 0 unspecified atom stereocenters. The van der Waals surface area contributed by atoms with Crippen molar-refractivity contribution < 1.29 is 0 Å². The highest BCUT2D eigenvalue weighted by atomic mass is 32.2. The van der Waals surface area contributed by atoms with Gasteiger partial charge < -0.3 is 10.2 Å². The first kappa shape index (κ1) is 15.7. The number of nitrogens with one attached hydrogen (secondary N) is 1. The molecule has 1 fully saturated rings. The molecule has 0 aromatic heterocycles. The molecule has 1 aromatic carbocycles. The van der Waals surface area contributed by atoms with Gasteiger partial charge in [-0.05, 0) is 56.4 Å². The molecule has 0 bridgehead atoms. The number of rotatable bonds is 8. The lowest BCUT2D eigenvalue weighted by Crippen LogP contribution is -2.42. The van der Waals surface area contributed by atoms with Crippen LogP contribution in [0.1, 0.15) is 32.1 Å². The van der Waals surface area contributed by atoms with E-state index in [-0.39, 0.29) is 0 Å². The Morgan fingerprint density at radius 1 is 1.10 bits per heavy atom. The summed E-state index contributed by atoms with van der Waals surface area (Å²) in [6.45, 7) is 3.58. The van der Waals surface area contributed by atoms with Crippen molar-refractivity contribution in [3.05, 3.63) is 30.3 Å². The average molecular weight is 292 g/mol. The minimum absolute atomic E-state index is 0.732. The Balaban J connectivity index is 1.58. The molecule has 1 aromatic rings. The lowest BCUT2D eigenvalue weighted by Gasteiger charge is -2.34. The monoisotopic (exact) mass is 292 g/mol. The molecule has 0 amide bonds. The number of para-hydroxylation sites is 1. The number of unbranched alkanes of at least 4 members (excludes halogenated alkanes) is 2. The van der Waals surface area contributed by atoms with Crippen LogP contribution in [-0.4, -0.2) is 37.7 Å². The van der Waals surface area contributed by atoms with Crippen molar-refractivity contribution in [2.24, 2.45) is 0 Å². The van der Waals surface area contributed by atoms with E-state index in [1.165, 1.54) is 63.2 Å². The smallest absolute Gasteiger partial charge is 0.0366 e. The SMILES string of the molecule is CSCCCCCNC1CCN(c2ccccc2)CC1. The largest absolute Gasteiger partial charge is 0.371 e. The molecule has 0 saturated carbocycles. The van der Waals surface area contributed by atoms with Crippen molar-refractivity contribution in [3.8, 4) is 0 Å². The second kappa shape index (κ2) is 9.30. The highest BCUT2D eigenvalue weighted by Crippen LogP contribution is 2.19. The third-order valence-electron chi connectivity index (χ3n) is 4.07. The van der Waals surface area contributed by atoms with Gasteiger partial charge in [-0.25, -0.2) is 0 Å². The lowest BCUT2D eigenvalue weighted by atomic mass is 10.0. The molecule has 3 heteroatoms. The molecule has 0 aliphatic carbocycles. The molecular weight excluding hydrogens is 264 g/mol. The third-order valence-corrected chi connectivity index (χ3v) is 4.77. The van der Waals surface area contributed by atoms with Crippen LogP contribution >= 0.6 is 11.8 Å². The molecule has 1 saturated heterocycles. The van der Waals surface area contributed by atoms with Crippen molar-refractivity contribution in [2.45, 2.75) is 38.1 Å². The third kappa shape index (κ3) is 5.37. The van der Waals surface area contributed by atoms with E-state index in [9.17, 15) is 0 Å². The summed E-state index contributed by atoms with van der Waals surface area (Å²) in [5, 5.41) is 3.74. The molecule has 1 heterocycles. The fourth-order valence-corrected chi connectivity index (χ4v) is 3.33. The predicted octanol–water partition coefficient (Wildman–Crippen LogP) is 3.78. The van der Waals surface area contributed by atoms with E-state index in [0.717, 1.165) is 6.04 Å². The highest BCUT2D eigenvalue weighted by molar-refractivity contribution is 7.98. The van der Waals surface area contributed by atoms with Crippen LogP contribution in [0.15, 0.2) is 30.3 Å². The predicted molar refractivity (Wildman–Crippen MR) is 91.9 cm³/mol. The van der Waals surface area contributed by atoms with Crippen LogP contribution in [-0.2, 0) is 0 Å². The Bertz CT molecular complexity index is 347. The minimum atomic E-state index is 0.732. The molecule has 0 radical (unpaired) electrons. The topological polar surface area (TPSA) is 15.3 Å². The highest BCUT2D eigenvalue weighted by Gasteiger charge is 2.18. The van der Waals surface area contributed by atoms with Crippen LogP contribution in [0.4, 0.5) is 5.69 Å². The summed E-state index contributed by atoms with van der Waals surface area (Å²) in [4.78, 5) is 2.51. The van der Waals surface area contributed by atoms with Crippen LogP contribution in [0.5, 0.6) is 0 Å². The van der Waals surface area contributed by atoms with E-state index >= 15 is 0 Å². The van der Waals surface area contributed by atoms with Crippen molar-refractivity contribution in [1.29, 1.82) is 0 Å². The summed E-state index contributed by atoms with van der Waals surface area (Å²) >= 11 is 1.96. The second-order valence-corrected chi connectivity index (χ2v) is 6.59. The van der Waals surface area contributed by atoms with E-state index in [2.05, 4.69) is 46.8 Å². The number of hydrogen-bond acceptors (Lipinski definition) is 3. The van der Waals surface area contributed by atoms with E-state index in [0.29, 0.717) is 0 Å². The maximum absolute atomic E-state index is 3.74. The summed E-state index contributed by atoms with van der Waals surface area (Å²) in [6.07, 6.45) is 8.82. The number of anilines is 1. The van der Waals surface area contributed by atoms with Crippen LogP contribution in [0.2, 0.25) is 0 Å². The second-order valence-electron chi connectivity index (χ2n) is 5.60. The Labute approximate surface area is 128 Å². The van der Waals surface area contributed by atoms with E-state index in [1.807, 2.05) is 11.8 Å². The van der Waals surface area contributed by atoms with Gasteiger partial charge in [-0.3, -0.25) is 0 Å². The fraction of sp³-hybridized carbons (Fsp3) is 0.647. The molecule has 2 nitrogen and oxygen atoms in total. The minimum Gasteiger partial charge on any atom is -0.371 e. The molecule has 0 spiro atoms. The normalized spacial score (nSPS) is 16.6. The Kier molecular flexibility index (Phi) is 7.31. The van der Waals surface area contributed by atoms with E-state index in [1.54, 1.807) is 0 Å². The van der Waals surface area contributed by atoms with Crippen LogP contribution < -0.4 is 10.2 Å². The van der Waals surface area contributed by atoms with Crippen LogP contribution in [0, 0.1) is 0 Å². The zero-order valence-corrected chi connectivity index (χ0v) is 13.5. The standard InChI is InChI=1S/C17H28N2S/c1-20-15-7-3-6-12-18-16-10-13-19(14-11-16)17-8-4-2-5-9-17/h2,4-5,8-9,16,18H,3,6-7,10-15H2,1H3. The number of benzene rings is 1. The molecule has 20 heavy (non-hydrogen) atoms. The van der Waals surface area contributed by atoms with Gasteiger partial charge >= 0.3 is 0 Å². The zero-order chi connectivity index (χ0) is 14.0. The van der Waals surface area contributed by atoms with Crippen LogP contribution in [0.3, 0.4) is 0 Å². The maximum atomic E-state index is 3.74. The lowest BCUT2D eigenvalue weighted by molar-refractivity contribution is 0.410. The summed E-state index contributed by atoms with van der Waals surface area (Å²) in [7, 11) is 0. The summed E-state index contributed by atoms with van der Waals surface area (Å²) < 4.78 is 0. The first-order valence-corrected chi connectivity index (χ1v) is 9.32. The van der Waals surface area contributed by atoms with Crippen LogP contribution in [0.25, 0.3) is 0 Å². The molecular formula is C17H28N2S. The molecule has 0 atom stereocenters. The number of nitrogens with zero attached hydrogens (tertiary/aromatic N) is 1. The summed E-state index contributed by atoms with van der Waals surface area (Å²) in [5.74, 6) is 1.31. The number of piperidine rings is 1. The van der Waals surface area contributed by atoms with E-state index in [4.69, 9.17) is 0 Å². The summed E-state index contributed by atoms with van der Waals surface area (Å²) in [6, 6.07) is 11.5. The molecule has 1 aliphatic rings. The molecule has 2 rings (SSSR count). The van der Waals surface area contributed by atoms with Crippen molar-refractivity contribution >= 4 is 17.4 Å². The molecule has 112 valence electrons. The van der Waals surface area contributed by atoms with Gasteiger partial charge in [0.25, 0.3) is 0 Å². The van der Waals surface area contributed by atoms with E-state index < -0.39 is 0 Å². The van der Waals surface area contributed by atoms with Gasteiger partial charge in [0.05, 0.1) is 0 Å². The van der Waals surface area contributed by atoms with Crippen molar-refractivity contribution in [1.82, 2.24) is 5.32 Å². The van der Waals surface area contributed by atoms with Gasteiger partial charge in [0, 0.05) is 24.8 Å². The molecule has 1 N–H and O–H groups in total. The van der Waals surface area contributed by atoms with Gasteiger partial charge in [-0.2, -0.15) is 11.8 Å². The molecule has 1 aliphatic heterocycles. The van der Waals surface area contributed by atoms with Gasteiger partial charge in [0.15, 0.2) is 0 Å². The quantitative estimate of drug-likeness (QED) is 0.734. The first-order valence-electron chi connectivity index (χ1n) is 7.92. The maximum Gasteiger partial charge on any atom is 0.0366 e. The Morgan fingerprint density at radius 2 is 1.85 bits per heavy atom. The van der Waals surface area contributed by atoms with Gasteiger partial charge in [0.1, 0.15) is 0 Å². The average Bonchev–Trinajstić information content (AvgIpc) is 2.52. The summed E-state index contributed by atoms with van der Waals surface area (Å²) in [5.41, 5.74) is 1.38. The van der Waals surface area contributed by atoms with Gasteiger partial charge in [0.2, 0.25) is 0 Å². The van der Waals surface area contributed by atoms with Gasteiger partial charge in [-0.1, -0.05) is 24.6 Å².